The van der Waals surface area contributed by atoms with Crippen molar-refractivity contribution in [2.24, 2.45) is 0 Å². The molecule has 0 atom stereocenters. The molecule has 6 nitrogen and oxygen atoms in total. The lowest BCUT2D eigenvalue weighted by atomic mass is 9.88. The molecule has 1 aromatic carbocycles. The smallest absolute Gasteiger partial charge is 0.227 e. The molecule has 0 saturated heterocycles. The first-order chi connectivity index (χ1) is 16.8. The largest absolute Gasteiger partial charge is 0.336 e. The molecule has 0 bridgehead atoms. The first-order valence-electron chi connectivity index (χ1n) is 13.4. The van der Waals surface area contributed by atoms with Crippen LogP contribution in [0.5, 0.6) is 0 Å². The molecule has 0 spiro atoms. The third-order valence-electron chi connectivity index (χ3n) is 7.73. The number of nitrogens with one attached hydrogen (secondary N) is 1. The summed E-state index contributed by atoms with van der Waals surface area (Å²) in [5.74, 6) is 0.994. The van der Waals surface area contributed by atoms with Crippen LogP contribution in [0, 0.1) is 0 Å². The van der Waals surface area contributed by atoms with Crippen LogP contribution in [0.15, 0.2) is 24.3 Å². The second-order valence-electron chi connectivity index (χ2n) is 11.5. The average molecular weight is 496 g/mol. The van der Waals surface area contributed by atoms with Gasteiger partial charge in [-0.1, -0.05) is 89.1 Å². The van der Waals surface area contributed by atoms with Gasteiger partial charge in [-0.25, -0.2) is 0 Å². The number of fused-ring (bicyclic) bond motifs is 1. The van der Waals surface area contributed by atoms with Gasteiger partial charge in [0.1, 0.15) is 5.02 Å². The van der Waals surface area contributed by atoms with Crippen molar-refractivity contribution in [2.75, 3.05) is 0 Å². The van der Waals surface area contributed by atoms with E-state index in [9.17, 15) is 4.79 Å². The van der Waals surface area contributed by atoms with E-state index in [4.69, 9.17) is 11.6 Å². The zero-order valence-corrected chi connectivity index (χ0v) is 22.1. The van der Waals surface area contributed by atoms with Gasteiger partial charge < -0.3 is 9.88 Å². The van der Waals surface area contributed by atoms with Gasteiger partial charge in [0.25, 0.3) is 0 Å². The Kier molecular flexibility index (Phi) is 6.93. The number of carbonyl (C=O) groups excluding carboxylic acids is 1. The van der Waals surface area contributed by atoms with E-state index >= 15 is 0 Å². The number of hydrogen-bond donors (Lipinski definition) is 1. The molecule has 5 rings (SSSR count). The molecule has 188 valence electrons. The number of rotatable bonds is 5. The number of nitrogens with zero attached hydrogens (tertiary/aromatic N) is 4. The Morgan fingerprint density at radius 1 is 1.03 bits per heavy atom. The van der Waals surface area contributed by atoms with Crippen molar-refractivity contribution in [3.8, 4) is 11.4 Å². The van der Waals surface area contributed by atoms with Gasteiger partial charge in [-0.3, -0.25) is 4.79 Å². The van der Waals surface area contributed by atoms with Gasteiger partial charge >= 0.3 is 0 Å². The van der Waals surface area contributed by atoms with Crippen LogP contribution in [-0.2, 0) is 16.6 Å². The highest BCUT2D eigenvalue weighted by atomic mass is 35.5. The average Bonchev–Trinajstić information content (AvgIpc) is 3.40. The minimum atomic E-state index is -0.158. The molecule has 2 saturated carbocycles. The fourth-order valence-electron chi connectivity index (χ4n) is 5.93. The maximum absolute atomic E-state index is 13.7. The first kappa shape index (κ1) is 24.4. The zero-order valence-electron chi connectivity index (χ0n) is 21.3. The molecule has 3 aromatic rings. The van der Waals surface area contributed by atoms with E-state index in [-0.39, 0.29) is 11.3 Å². The van der Waals surface area contributed by atoms with Gasteiger partial charge in [-0.15, -0.1) is 9.73 Å². The lowest BCUT2D eigenvalue weighted by Gasteiger charge is -2.42. The van der Waals surface area contributed by atoms with E-state index < -0.39 is 0 Å². The second-order valence-corrected chi connectivity index (χ2v) is 11.9. The van der Waals surface area contributed by atoms with Gasteiger partial charge in [0, 0.05) is 23.1 Å². The Hall–Kier alpha value is -2.34. The highest BCUT2D eigenvalue weighted by Crippen LogP contribution is 2.33. The fraction of sp³-hybridized carbons (Fsp3) is 0.607. The Balaban J connectivity index is 1.37. The zero-order chi connectivity index (χ0) is 24.6. The van der Waals surface area contributed by atoms with Crippen molar-refractivity contribution in [3.63, 3.8) is 0 Å². The number of amides is 1. The summed E-state index contributed by atoms with van der Waals surface area (Å²) in [5.41, 5.74) is 3.34. The van der Waals surface area contributed by atoms with E-state index in [1.54, 1.807) is 4.63 Å². The highest BCUT2D eigenvalue weighted by Gasteiger charge is 2.32. The Morgan fingerprint density at radius 3 is 2.23 bits per heavy atom. The van der Waals surface area contributed by atoms with E-state index in [1.165, 1.54) is 38.5 Å². The van der Waals surface area contributed by atoms with Crippen LogP contribution >= 0.6 is 11.6 Å². The van der Waals surface area contributed by atoms with Crippen LogP contribution in [0.3, 0.4) is 0 Å². The van der Waals surface area contributed by atoms with Crippen molar-refractivity contribution < 1.29 is 4.79 Å². The van der Waals surface area contributed by atoms with Crippen LogP contribution in [0.4, 0.5) is 0 Å². The molecule has 0 aliphatic heterocycles. The second kappa shape index (κ2) is 9.96. The number of hydrogen-bond acceptors (Lipinski definition) is 3. The molecule has 1 N–H and O–H groups in total. The number of benzene rings is 1. The van der Waals surface area contributed by atoms with Crippen LogP contribution < -0.4 is 0 Å². The fourth-order valence-corrected chi connectivity index (χ4v) is 6.37. The van der Waals surface area contributed by atoms with E-state index in [0.717, 1.165) is 42.5 Å². The number of aromatic amines is 1. The Bertz CT molecular complexity index is 1160. The van der Waals surface area contributed by atoms with E-state index in [2.05, 4.69) is 53.0 Å². The summed E-state index contributed by atoms with van der Waals surface area (Å²) in [6.45, 7) is 6.27. The molecule has 2 aromatic heterocycles. The van der Waals surface area contributed by atoms with E-state index in [0.29, 0.717) is 35.0 Å². The monoisotopic (exact) mass is 495 g/mol. The predicted octanol–water partition coefficient (Wildman–Crippen LogP) is 6.71. The summed E-state index contributed by atoms with van der Waals surface area (Å²) < 4.78 is 1.59. The molecule has 2 aliphatic rings. The highest BCUT2D eigenvalue weighted by molar-refractivity contribution is 6.34. The maximum atomic E-state index is 13.7. The SMILES string of the molecule is CC(C)(C)c1nn2nc(-c3cccc(CC(=O)N(C4CCCCC4)C4CCCCC4)c3)[nH]c2c1Cl. The van der Waals surface area contributed by atoms with Gasteiger partial charge in [0.15, 0.2) is 11.5 Å². The summed E-state index contributed by atoms with van der Waals surface area (Å²) in [4.78, 5) is 19.4. The minimum Gasteiger partial charge on any atom is -0.336 e. The van der Waals surface area contributed by atoms with Crippen molar-refractivity contribution in [3.05, 3.63) is 40.5 Å². The van der Waals surface area contributed by atoms with Gasteiger partial charge in [0.05, 0.1) is 12.1 Å². The third-order valence-corrected chi connectivity index (χ3v) is 8.09. The molecule has 0 unspecified atom stereocenters. The van der Waals surface area contributed by atoms with Crippen molar-refractivity contribution in [2.45, 2.75) is 109 Å². The van der Waals surface area contributed by atoms with Crippen LogP contribution in [0.2, 0.25) is 5.02 Å². The number of aromatic nitrogens is 4. The predicted molar refractivity (Wildman–Crippen MR) is 141 cm³/mol. The first-order valence-corrected chi connectivity index (χ1v) is 13.7. The standard InChI is InChI=1S/C28H38ClN5O/c1-28(2,3)25-24(29)27-30-26(32-34(27)31-25)20-12-10-11-19(17-20)18-23(35)33(21-13-6-4-7-14-21)22-15-8-5-9-16-22/h10-12,17,21-22H,4-9,13-16,18H2,1-3H3,(H,30,32). The van der Waals surface area contributed by atoms with Crippen LogP contribution in [0.1, 0.15) is 96.2 Å². The topological polar surface area (TPSA) is 66.3 Å². The van der Waals surface area contributed by atoms with Crippen LogP contribution in [0.25, 0.3) is 17.0 Å². The van der Waals surface area contributed by atoms with E-state index in [1.807, 2.05) is 12.1 Å². The Labute approximate surface area is 213 Å². The van der Waals surface area contributed by atoms with Crippen molar-refractivity contribution in [1.29, 1.82) is 0 Å². The Morgan fingerprint density at radius 2 is 1.66 bits per heavy atom. The number of H-pyrrole nitrogens is 1. The molecule has 2 fully saturated rings. The van der Waals surface area contributed by atoms with Crippen molar-refractivity contribution in [1.82, 2.24) is 24.7 Å². The summed E-state index contributed by atoms with van der Waals surface area (Å²) >= 11 is 6.62. The molecular formula is C28H38ClN5O. The van der Waals surface area contributed by atoms with Gasteiger partial charge in [-0.2, -0.15) is 5.10 Å². The maximum Gasteiger partial charge on any atom is 0.227 e. The number of halogens is 1. The minimum absolute atomic E-state index is 0.158. The molecule has 2 aliphatic carbocycles. The summed E-state index contributed by atoms with van der Waals surface area (Å²) in [7, 11) is 0. The third kappa shape index (κ3) is 5.13. The molecular weight excluding hydrogens is 458 g/mol. The molecule has 0 radical (unpaired) electrons. The molecule has 7 heteroatoms. The molecule has 2 heterocycles. The summed E-state index contributed by atoms with van der Waals surface area (Å²) in [6, 6.07) is 9.00. The normalized spacial score (nSPS) is 18.3. The van der Waals surface area contributed by atoms with Gasteiger partial charge in [0.2, 0.25) is 5.91 Å². The van der Waals surface area contributed by atoms with Crippen molar-refractivity contribution >= 4 is 23.2 Å². The lowest BCUT2D eigenvalue weighted by molar-refractivity contribution is -0.137. The molecule has 35 heavy (non-hydrogen) atoms. The summed E-state index contributed by atoms with van der Waals surface area (Å²) in [6.07, 6.45) is 12.7. The molecule has 1 amide bonds. The van der Waals surface area contributed by atoms with Gasteiger partial charge in [-0.05, 0) is 37.3 Å². The lowest BCUT2D eigenvalue weighted by Crippen LogP contribution is -2.49. The number of carbonyl (C=O) groups is 1. The summed E-state index contributed by atoms with van der Waals surface area (Å²) in [5, 5.41) is 9.87. The van der Waals surface area contributed by atoms with Crippen LogP contribution in [-0.4, -0.2) is 42.7 Å². The quantitative estimate of drug-likeness (QED) is 0.427.